The second-order valence-electron chi connectivity index (χ2n) is 4.03. The predicted molar refractivity (Wildman–Crippen MR) is 60.9 cm³/mol. The molecule has 0 aliphatic rings. The average molecular weight is 219 g/mol. The molecule has 2 atom stereocenters. The van der Waals surface area contributed by atoms with Gasteiger partial charge in [0, 0.05) is 19.8 Å². The predicted octanol–water partition coefficient (Wildman–Crippen LogP) is 0.382. The lowest BCUT2D eigenvalue weighted by atomic mass is 10.2. The number of rotatable bonds is 10. The topological polar surface area (TPSA) is 61.7 Å². The van der Waals surface area contributed by atoms with E-state index in [1.165, 1.54) is 0 Å². The highest BCUT2D eigenvalue weighted by atomic mass is 16.5. The molecule has 0 rings (SSSR count). The molecule has 0 aliphatic heterocycles. The van der Waals surface area contributed by atoms with E-state index in [4.69, 9.17) is 9.84 Å². The van der Waals surface area contributed by atoms with E-state index in [0.717, 1.165) is 26.0 Å². The van der Waals surface area contributed by atoms with Crippen LogP contribution in [-0.2, 0) is 4.74 Å². The first-order chi connectivity index (χ1) is 7.20. The summed E-state index contributed by atoms with van der Waals surface area (Å²) in [7, 11) is 0. The van der Waals surface area contributed by atoms with Gasteiger partial charge in [0.25, 0.3) is 0 Å². The minimum atomic E-state index is -0.451. The Bertz CT molecular complexity index is 133. The van der Waals surface area contributed by atoms with Gasteiger partial charge in [0.15, 0.2) is 0 Å². The molecule has 0 aromatic rings. The number of aliphatic hydroxyl groups is 2. The fourth-order valence-corrected chi connectivity index (χ4v) is 1.09. The summed E-state index contributed by atoms with van der Waals surface area (Å²) < 4.78 is 5.28. The van der Waals surface area contributed by atoms with Crippen molar-refractivity contribution >= 4 is 0 Å². The molecular weight excluding hydrogens is 194 g/mol. The third-order valence-corrected chi connectivity index (χ3v) is 2.14. The van der Waals surface area contributed by atoms with Gasteiger partial charge < -0.3 is 20.3 Å². The van der Waals surface area contributed by atoms with Crippen molar-refractivity contribution in [3.63, 3.8) is 0 Å². The normalized spacial score (nSPS) is 15.2. The van der Waals surface area contributed by atoms with Crippen LogP contribution in [0.2, 0.25) is 0 Å². The smallest absolute Gasteiger partial charge is 0.0897 e. The van der Waals surface area contributed by atoms with Gasteiger partial charge in [0.2, 0.25) is 0 Å². The summed E-state index contributed by atoms with van der Waals surface area (Å²) in [6, 6.07) is 0. The van der Waals surface area contributed by atoms with E-state index in [2.05, 4.69) is 12.2 Å². The summed E-state index contributed by atoms with van der Waals surface area (Å²) in [6.45, 7) is 6.60. The van der Waals surface area contributed by atoms with E-state index in [-0.39, 0.29) is 12.5 Å². The number of unbranched alkanes of at least 4 members (excludes halogenated alkanes) is 1. The summed E-state index contributed by atoms with van der Waals surface area (Å²) in [5.41, 5.74) is 0. The summed E-state index contributed by atoms with van der Waals surface area (Å²) in [4.78, 5) is 0. The zero-order valence-corrected chi connectivity index (χ0v) is 9.91. The van der Waals surface area contributed by atoms with Gasteiger partial charge in [0.1, 0.15) is 0 Å². The van der Waals surface area contributed by atoms with Crippen molar-refractivity contribution in [1.29, 1.82) is 0 Å². The van der Waals surface area contributed by atoms with Crippen molar-refractivity contribution in [1.82, 2.24) is 5.32 Å². The molecule has 0 fully saturated rings. The highest BCUT2D eigenvalue weighted by Crippen LogP contribution is 1.92. The third kappa shape index (κ3) is 10.1. The Kier molecular flexibility index (Phi) is 10.3. The Morgan fingerprint density at radius 2 is 2.07 bits per heavy atom. The van der Waals surface area contributed by atoms with E-state index in [1.54, 1.807) is 0 Å². The van der Waals surface area contributed by atoms with Crippen molar-refractivity contribution in [3.8, 4) is 0 Å². The van der Waals surface area contributed by atoms with Crippen LogP contribution in [0.5, 0.6) is 0 Å². The monoisotopic (exact) mass is 219 g/mol. The standard InChI is InChI=1S/C11H25NO3/c1-3-4-5-15-9-11(14)7-12-6-10(2)8-13/h10-14H,3-9H2,1-2H3. The lowest BCUT2D eigenvalue weighted by Crippen LogP contribution is -2.33. The minimum Gasteiger partial charge on any atom is -0.396 e. The van der Waals surface area contributed by atoms with E-state index >= 15 is 0 Å². The van der Waals surface area contributed by atoms with Crippen molar-refractivity contribution in [2.75, 3.05) is 32.9 Å². The summed E-state index contributed by atoms with van der Waals surface area (Å²) >= 11 is 0. The molecule has 0 amide bonds. The fourth-order valence-electron chi connectivity index (χ4n) is 1.09. The van der Waals surface area contributed by atoms with Crippen LogP contribution in [0.4, 0.5) is 0 Å². The Labute approximate surface area is 92.6 Å². The molecule has 0 radical (unpaired) electrons. The maximum atomic E-state index is 9.48. The average Bonchev–Trinajstić information content (AvgIpc) is 2.24. The molecule has 3 N–H and O–H groups in total. The second-order valence-corrected chi connectivity index (χ2v) is 4.03. The molecule has 0 aromatic carbocycles. The van der Waals surface area contributed by atoms with Crippen LogP contribution in [0.15, 0.2) is 0 Å². The van der Waals surface area contributed by atoms with Crippen LogP contribution in [0.3, 0.4) is 0 Å². The molecule has 0 bridgehead atoms. The van der Waals surface area contributed by atoms with Gasteiger partial charge in [-0.3, -0.25) is 0 Å². The van der Waals surface area contributed by atoms with Crippen LogP contribution in [0.1, 0.15) is 26.7 Å². The minimum absolute atomic E-state index is 0.177. The Morgan fingerprint density at radius 1 is 1.33 bits per heavy atom. The zero-order chi connectivity index (χ0) is 11.5. The van der Waals surface area contributed by atoms with Crippen LogP contribution < -0.4 is 5.32 Å². The van der Waals surface area contributed by atoms with Gasteiger partial charge in [-0.05, 0) is 18.9 Å². The number of hydrogen-bond donors (Lipinski definition) is 3. The molecule has 0 saturated heterocycles. The van der Waals surface area contributed by atoms with Crippen molar-refractivity contribution in [3.05, 3.63) is 0 Å². The molecule has 0 heterocycles. The Balaban J connectivity index is 3.21. The van der Waals surface area contributed by atoms with Crippen LogP contribution >= 0.6 is 0 Å². The number of ether oxygens (including phenoxy) is 1. The first-order valence-electron chi connectivity index (χ1n) is 5.78. The van der Waals surface area contributed by atoms with E-state index in [0.29, 0.717) is 13.2 Å². The zero-order valence-electron chi connectivity index (χ0n) is 9.91. The summed E-state index contributed by atoms with van der Waals surface area (Å²) in [5, 5.41) is 21.3. The Morgan fingerprint density at radius 3 is 2.67 bits per heavy atom. The van der Waals surface area contributed by atoms with Gasteiger partial charge in [-0.25, -0.2) is 0 Å². The number of hydrogen-bond acceptors (Lipinski definition) is 4. The number of aliphatic hydroxyl groups excluding tert-OH is 2. The van der Waals surface area contributed by atoms with Gasteiger partial charge in [-0.15, -0.1) is 0 Å². The highest BCUT2D eigenvalue weighted by molar-refractivity contribution is 4.61. The van der Waals surface area contributed by atoms with Crippen molar-refractivity contribution in [2.24, 2.45) is 5.92 Å². The van der Waals surface area contributed by atoms with Crippen LogP contribution in [0, 0.1) is 5.92 Å². The molecule has 15 heavy (non-hydrogen) atoms. The quantitative estimate of drug-likeness (QED) is 0.465. The maximum absolute atomic E-state index is 9.48. The largest absolute Gasteiger partial charge is 0.396 e. The first-order valence-corrected chi connectivity index (χ1v) is 5.78. The molecule has 2 unspecified atom stereocenters. The summed E-state index contributed by atoms with van der Waals surface area (Å²) in [5.74, 6) is 0.234. The fraction of sp³-hybridized carbons (Fsp3) is 1.00. The van der Waals surface area contributed by atoms with Crippen LogP contribution in [0.25, 0.3) is 0 Å². The maximum Gasteiger partial charge on any atom is 0.0897 e. The Hall–Kier alpha value is -0.160. The third-order valence-electron chi connectivity index (χ3n) is 2.14. The molecule has 0 saturated carbocycles. The van der Waals surface area contributed by atoms with Crippen molar-refractivity contribution < 1.29 is 14.9 Å². The van der Waals surface area contributed by atoms with Gasteiger partial charge in [0.05, 0.1) is 12.7 Å². The lowest BCUT2D eigenvalue weighted by Gasteiger charge is -2.14. The molecule has 4 heteroatoms. The lowest BCUT2D eigenvalue weighted by molar-refractivity contribution is 0.0353. The molecule has 0 aliphatic carbocycles. The molecule has 92 valence electrons. The summed E-state index contributed by atoms with van der Waals surface area (Å²) in [6.07, 6.45) is 1.71. The van der Waals surface area contributed by atoms with Gasteiger partial charge in [-0.1, -0.05) is 20.3 Å². The van der Waals surface area contributed by atoms with Crippen molar-refractivity contribution in [2.45, 2.75) is 32.8 Å². The van der Waals surface area contributed by atoms with E-state index < -0.39 is 6.10 Å². The molecule has 4 nitrogen and oxygen atoms in total. The first kappa shape index (κ1) is 14.8. The highest BCUT2D eigenvalue weighted by Gasteiger charge is 2.05. The second kappa shape index (κ2) is 10.4. The molecular formula is C11H25NO3. The SMILES string of the molecule is CCCCOCC(O)CNCC(C)CO. The molecule has 0 aromatic heterocycles. The van der Waals surface area contributed by atoms with Crippen LogP contribution in [-0.4, -0.2) is 49.2 Å². The van der Waals surface area contributed by atoms with Gasteiger partial charge in [-0.2, -0.15) is 0 Å². The van der Waals surface area contributed by atoms with E-state index in [1.807, 2.05) is 6.92 Å². The van der Waals surface area contributed by atoms with E-state index in [9.17, 15) is 5.11 Å². The molecule has 0 spiro atoms. The van der Waals surface area contributed by atoms with Gasteiger partial charge >= 0.3 is 0 Å². The number of nitrogens with one attached hydrogen (secondary N) is 1.